The van der Waals surface area contributed by atoms with Crippen molar-refractivity contribution in [1.82, 2.24) is 10.2 Å². The van der Waals surface area contributed by atoms with Crippen LogP contribution in [0.3, 0.4) is 0 Å². The molecule has 0 radical (unpaired) electrons. The molecule has 0 aromatic heterocycles. The van der Waals surface area contributed by atoms with Gasteiger partial charge in [-0.15, -0.1) is 0 Å². The minimum Gasteiger partial charge on any atom is -0.490 e. The first kappa shape index (κ1) is 17.4. The second kappa shape index (κ2) is 8.06. The fraction of sp³-hybridized carbons (Fsp3) is 0.588. The molecular weight excluding hydrogens is 296 g/mol. The van der Waals surface area contributed by atoms with Crippen LogP contribution in [-0.4, -0.2) is 56.8 Å². The van der Waals surface area contributed by atoms with Crippen molar-refractivity contribution < 1.29 is 19.0 Å². The summed E-state index contributed by atoms with van der Waals surface area (Å²) in [6.45, 7) is 8.85. The van der Waals surface area contributed by atoms with E-state index in [0.29, 0.717) is 42.6 Å². The SMILES string of the molecule is CCOc1cc(C(=O)N(C)C2CNC2)cc(OCC)c1OCC. The van der Waals surface area contributed by atoms with Crippen molar-refractivity contribution in [3.05, 3.63) is 17.7 Å². The number of hydrogen-bond acceptors (Lipinski definition) is 5. The molecule has 128 valence electrons. The van der Waals surface area contributed by atoms with E-state index in [4.69, 9.17) is 14.2 Å². The number of carbonyl (C=O) groups excluding carboxylic acids is 1. The molecule has 23 heavy (non-hydrogen) atoms. The Bertz CT molecular complexity index is 516. The van der Waals surface area contributed by atoms with E-state index in [0.717, 1.165) is 13.1 Å². The number of benzene rings is 1. The third-order valence-electron chi connectivity index (χ3n) is 3.78. The highest BCUT2D eigenvalue weighted by Gasteiger charge is 2.27. The lowest BCUT2D eigenvalue weighted by molar-refractivity contribution is 0.0680. The van der Waals surface area contributed by atoms with Crippen LogP contribution < -0.4 is 19.5 Å². The fourth-order valence-corrected chi connectivity index (χ4v) is 2.43. The van der Waals surface area contributed by atoms with E-state index in [2.05, 4.69) is 5.32 Å². The summed E-state index contributed by atoms with van der Waals surface area (Å²) >= 11 is 0. The van der Waals surface area contributed by atoms with Crippen LogP contribution in [0.1, 0.15) is 31.1 Å². The molecule has 1 saturated heterocycles. The summed E-state index contributed by atoms with van der Waals surface area (Å²) in [5, 5.41) is 3.17. The minimum absolute atomic E-state index is 0.0403. The maximum atomic E-state index is 12.7. The van der Waals surface area contributed by atoms with Crippen LogP contribution in [0, 0.1) is 0 Å². The average molecular weight is 322 g/mol. The molecule has 1 amide bonds. The van der Waals surface area contributed by atoms with Crippen LogP contribution in [0.2, 0.25) is 0 Å². The summed E-state index contributed by atoms with van der Waals surface area (Å²) < 4.78 is 17.0. The summed E-state index contributed by atoms with van der Waals surface area (Å²) in [5.74, 6) is 1.61. The molecule has 6 nitrogen and oxygen atoms in total. The van der Waals surface area contributed by atoms with Gasteiger partial charge >= 0.3 is 0 Å². The highest BCUT2D eigenvalue weighted by atomic mass is 16.5. The molecule has 1 N–H and O–H groups in total. The minimum atomic E-state index is -0.0403. The number of rotatable bonds is 8. The standard InChI is InChI=1S/C17H26N2O4/c1-5-21-14-8-12(17(20)19(4)13-10-18-11-13)9-15(22-6-2)16(14)23-7-3/h8-9,13,18H,5-7,10-11H2,1-4H3. The third-order valence-corrected chi connectivity index (χ3v) is 3.78. The number of nitrogens with one attached hydrogen (secondary N) is 1. The Labute approximate surface area is 137 Å². The summed E-state index contributed by atoms with van der Waals surface area (Å²) in [7, 11) is 1.82. The number of ether oxygens (including phenoxy) is 3. The van der Waals surface area contributed by atoms with Gasteiger partial charge < -0.3 is 24.4 Å². The van der Waals surface area contributed by atoms with Crippen LogP contribution in [0.15, 0.2) is 12.1 Å². The van der Waals surface area contributed by atoms with Crippen molar-refractivity contribution in [2.24, 2.45) is 0 Å². The van der Waals surface area contributed by atoms with Crippen LogP contribution in [0.25, 0.3) is 0 Å². The van der Waals surface area contributed by atoms with E-state index in [1.165, 1.54) is 0 Å². The molecule has 1 heterocycles. The number of hydrogen-bond donors (Lipinski definition) is 1. The Morgan fingerprint density at radius 2 is 1.61 bits per heavy atom. The van der Waals surface area contributed by atoms with Crippen molar-refractivity contribution in [3.8, 4) is 17.2 Å². The zero-order valence-corrected chi connectivity index (χ0v) is 14.3. The molecule has 1 fully saturated rings. The highest BCUT2D eigenvalue weighted by molar-refractivity contribution is 5.95. The number of nitrogens with zero attached hydrogens (tertiary/aromatic N) is 1. The molecule has 0 unspecified atom stereocenters. The number of likely N-dealkylation sites (N-methyl/N-ethyl adjacent to an activating group) is 1. The van der Waals surface area contributed by atoms with E-state index in [9.17, 15) is 4.79 Å². The van der Waals surface area contributed by atoms with Gasteiger partial charge in [0.05, 0.1) is 25.9 Å². The van der Waals surface area contributed by atoms with Gasteiger partial charge in [0.15, 0.2) is 11.5 Å². The first-order valence-corrected chi connectivity index (χ1v) is 8.16. The van der Waals surface area contributed by atoms with E-state index >= 15 is 0 Å². The van der Waals surface area contributed by atoms with E-state index < -0.39 is 0 Å². The zero-order chi connectivity index (χ0) is 16.8. The van der Waals surface area contributed by atoms with Gasteiger partial charge in [-0.25, -0.2) is 0 Å². The lowest BCUT2D eigenvalue weighted by Crippen LogP contribution is -2.57. The van der Waals surface area contributed by atoms with Crippen molar-refractivity contribution in [3.63, 3.8) is 0 Å². The van der Waals surface area contributed by atoms with Crippen LogP contribution in [-0.2, 0) is 0 Å². The molecule has 0 aliphatic carbocycles. The van der Waals surface area contributed by atoms with Gasteiger partial charge in [0, 0.05) is 25.7 Å². The lowest BCUT2D eigenvalue weighted by atomic mass is 10.1. The molecular formula is C17H26N2O4. The molecule has 1 aliphatic rings. The topological polar surface area (TPSA) is 60.0 Å². The first-order chi connectivity index (χ1) is 11.1. The van der Waals surface area contributed by atoms with Gasteiger partial charge in [0.25, 0.3) is 5.91 Å². The third kappa shape index (κ3) is 3.88. The van der Waals surface area contributed by atoms with Gasteiger partial charge in [-0.05, 0) is 32.9 Å². The van der Waals surface area contributed by atoms with Crippen molar-refractivity contribution in [2.45, 2.75) is 26.8 Å². The van der Waals surface area contributed by atoms with Crippen molar-refractivity contribution in [1.29, 1.82) is 0 Å². The van der Waals surface area contributed by atoms with Crippen molar-refractivity contribution in [2.75, 3.05) is 40.0 Å². The number of amides is 1. The summed E-state index contributed by atoms with van der Waals surface area (Å²) in [6.07, 6.45) is 0. The molecule has 1 aliphatic heterocycles. The van der Waals surface area contributed by atoms with Gasteiger partial charge in [-0.3, -0.25) is 4.79 Å². The molecule has 6 heteroatoms. The predicted molar refractivity (Wildman–Crippen MR) is 88.7 cm³/mol. The van der Waals surface area contributed by atoms with Crippen molar-refractivity contribution >= 4 is 5.91 Å². The van der Waals surface area contributed by atoms with E-state index in [-0.39, 0.29) is 11.9 Å². The molecule has 0 saturated carbocycles. The fourth-order valence-electron chi connectivity index (χ4n) is 2.43. The monoisotopic (exact) mass is 322 g/mol. The van der Waals surface area contributed by atoms with Gasteiger partial charge in [-0.1, -0.05) is 0 Å². The summed E-state index contributed by atoms with van der Waals surface area (Å²) in [6, 6.07) is 3.71. The quantitative estimate of drug-likeness (QED) is 0.792. The Kier molecular flexibility index (Phi) is 6.10. The normalized spacial score (nSPS) is 14.1. The smallest absolute Gasteiger partial charge is 0.254 e. The molecule has 0 atom stereocenters. The van der Waals surface area contributed by atoms with E-state index in [1.807, 2.05) is 27.8 Å². The Balaban J connectivity index is 2.36. The zero-order valence-electron chi connectivity index (χ0n) is 14.3. The van der Waals surface area contributed by atoms with Gasteiger partial charge in [-0.2, -0.15) is 0 Å². The number of carbonyl (C=O) groups is 1. The maximum absolute atomic E-state index is 12.7. The Morgan fingerprint density at radius 1 is 1.09 bits per heavy atom. The first-order valence-electron chi connectivity index (χ1n) is 8.16. The molecule has 1 aromatic rings. The predicted octanol–water partition coefficient (Wildman–Crippen LogP) is 1.93. The average Bonchev–Trinajstić information content (AvgIpc) is 2.48. The second-order valence-electron chi connectivity index (χ2n) is 5.33. The van der Waals surface area contributed by atoms with Gasteiger partial charge in [0.1, 0.15) is 0 Å². The highest BCUT2D eigenvalue weighted by Crippen LogP contribution is 2.39. The Morgan fingerprint density at radius 3 is 2.00 bits per heavy atom. The molecule has 0 bridgehead atoms. The lowest BCUT2D eigenvalue weighted by Gasteiger charge is -2.35. The molecule has 2 rings (SSSR count). The second-order valence-corrected chi connectivity index (χ2v) is 5.33. The van der Waals surface area contributed by atoms with Crippen LogP contribution in [0.5, 0.6) is 17.2 Å². The summed E-state index contributed by atoms with van der Waals surface area (Å²) in [4.78, 5) is 14.5. The van der Waals surface area contributed by atoms with Crippen LogP contribution in [0.4, 0.5) is 0 Å². The summed E-state index contributed by atoms with van der Waals surface area (Å²) in [5.41, 5.74) is 0.551. The largest absolute Gasteiger partial charge is 0.490 e. The maximum Gasteiger partial charge on any atom is 0.254 e. The van der Waals surface area contributed by atoms with Gasteiger partial charge in [0.2, 0.25) is 5.75 Å². The Hall–Kier alpha value is -1.95. The molecule has 1 aromatic carbocycles. The molecule has 0 spiro atoms. The van der Waals surface area contributed by atoms with E-state index in [1.54, 1.807) is 17.0 Å². The van der Waals surface area contributed by atoms with Crippen LogP contribution >= 0.6 is 0 Å².